The molecule has 1 atom stereocenters. The Labute approximate surface area is 231 Å². The van der Waals surface area contributed by atoms with Gasteiger partial charge >= 0.3 is 0 Å². The minimum absolute atomic E-state index is 0. The lowest BCUT2D eigenvalue weighted by Crippen LogP contribution is -2.40. The third-order valence-corrected chi connectivity index (χ3v) is 7.20. The average Bonchev–Trinajstić information content (AvgIpc) is 3.42. The van der Waals surface area contributed by atoms with Crippen molar-refractivity contribution in [2.24, 2.45) is 17.8 Å². The topological polar surface area (TPSA) is 101 Å². The van der Waals surface area contributed by atoms with Gasteiger partial charge in [0.1, 0.15) is 11.6 Å². The molecular weight excluding hydrogens is 512 g/mol. The van der Waals surface area contributed by atoms with E-state index in [1.807, 2.05) is 24.7 Å². The molecule has 1 unspecified atom stereocenters. The van der Waals surface area contributed by atoms with Crippen molar-refractivity contribution in [2.75, 3.05) is 18.4 Å². The number of aliphatic imine (C=N–C) groups is 1. The summed E-state index contributed by atoms with van der Waals surface area (Å²) in [6.45, 7) is 3.30. The number of fused-ring (bicyclic) bond motifs is 3. The van der Waals surface area contributed by atoms with Crippen LogP contribution in [0, 0.1) is 11.6 Å². The molecule has 10 heteroatoms. The molecule has 2 aromatic carbocycles. The van der Waals surface area contributed by atoms with Gasteiger partial charge in [-0.15, -0.1) is 0 Å². The van der Waals surface area contributed by atoms with Crippen LogP contribution in [0.1, 0.15) is 47.8 Å². The van der Waals surface area contributed by atoms with Gasteiger partial charge in [0.2, 0.25) is 5.95 Å². The Kier molecular flexibility index (Phi) is 6.97. The average molecular weight is 544 g/mol. The summed E-state index contributed by atoms with van der Waals surface area (Å²) in [6, 6.07) is 12.7. The second-order valence-corrected chi connectivity index (χ2v) is 10.4. The van der Waals surface area contributed by atoms with Gasteiger partial charge in [-0.05, 0) is 55.8 Å². The van der Waals surface area contributed by atoms with Crippen molar-refractivity contribution < 1.29 is 13.6 Å². The number of nitrogens with zero attached hydrogens (tertiary/aromatic N) is 5. The van der Waals surface area contributed by atoms with Crippen LogP contribution in [0.3, 0.4) is 0 Å². The van der Waals surface area contributed by atoms with Crippen molar-refractivity contribution in [1.29, 1.82) is 0 Å². The molecule has 1 amide bonds. The van der Waals surface area contributed by atoms with Gasteiger partial charge in [0.05, 0.1) is 29.2 Å². The van der Waals surface area contributed by atoms with E-state index >= 15 is 0 Å². The summed E-state index contributed by atoms with van der Waals surface area (Å²) < 4.78 is 31.3. The smallest absolute Gasteiger partial charge is 0.253 e. The Morgan fingerprint density at radius 1 is 1.10 bits per heavy atom. The first-order valence-electron chi connectivity index (χ1n) is 12.7. The predicted octanol–water partition coefficient (Wildman–Crippen LogP) is 5.05. The molecule has 1 fully saturated rings. The van der Waals surface area contributed by atoms with Crippen LogP contribution < -0.4 is 11.1 Å². The lowest BCUT2D eigenvalue weighted by atomic mass is 10.00. The minimum Gasteiger partial charge on any atom is -0.349 e. The van der Waals surface area contributed by atoms with Crippen LogP contribution in [0.2, 0.25) is 0 Å². The monoisotopic (exact) mass is 543 g/mol. The zero-order valence-corrected chi connectivity index (χ0v) is 21.6. The van der Waals surface area contributed by atoms with Crippen LogP contribution in [0.4, 0.5) is 20.4 Å². The van der Waals surface area contributed by atoms with Gasteiger partial charge in [-0.25, -0.2) is 18.7 Å². The third kappa shape index (κ3) is 4.86. The van der Waals surface area contributed by atoms with E-state index < -0.39 is 11.6 Å². The van der Waals surface area contributed by atoms with Crippen LogP contribution in [0.25, 0.3) is 11.4 Å². The quantitative estimate of drug-likeness (QED) is 0.375. The van der Waals surface area contributed by atoms with Crippen LogP contribution in [-0.4, -0.2) is 49.7 Å². The molecule has 8 nitrogen and oxygen atoms in total. The fourth-order valence-corrected chi connectivity index (χ4v) is 5.16. The Hall–Kier alpha value is -4.44. The molecular formula is C30H31F2N7O. The van der Waals surface area contributed by atoms with E-state index in [0.717, 1.165) is 12.0 Å². The predicted molar refractivity (Wildman–Crippen MR) is 152 cm³/mol. The van der Waals surface area contributed by atoms with Crippen molar-refractivity contribution in [3.8, 4) is 11.4 Å². The van der Waals surface area contributed by atoms with Gasteiger partial charge in [-0.1, -0.05) is 13.5 Å². The summed E-state index contributed by atoms with van der Waals surface area (Å²) in [5, 5.41) is 3.19. The third-order valence-electron chi connectivity index (χ3n) is 7.20. The number of likely N-dealkylation sites (tertiary alicyclic amines) is 1. The van der Waals surface area contributed by atoms with E-state index in [1.54, 1.807) is 41.4 Å². The number of aromatic nitrogens is 3. The maximum atomic E-state index is 14.7. The number of aryl methyl sites for hydroxylation is 1. The summed E-state index contributed by atoms with van der Waals surface area (Å²) in [6.07, 6.45) is 4.26. The van der Waals surface area contributed by atoms with Crippen molar-refractivity contribution in [1.82, 2.24) is 19.4 Å². The van der Waals surface area contributed by atoms with Crippen molar-refractivity contribution in [3.05, 3.63) is 94.8 Å². The number of anilines is 2. The second kappa shape index (κ2) is 10.3. The molecule has 1 saturated heterocycles. The molecule has 2 aromatic heterocycles. The van der Waals surface area contributed by atoms with Crippen molar-refractivity contribution in [2.45, 2.75) is 32.9 Å². The van der Waals surface area contributed by atoms with E-state index in [9.17, 15) is 13.6 Å². The van der Waals surface area contributed by atoms with Gasteiger partial charge in [0, 0.05) is 60.4 Å². The maximum Gasteiger partial charge on any atom is 0.253 e. The highest BCUT2D eigenvalue weighted by molar-refractivity contribution is 6.16. The summed E-state index contributed by atoms with van der Waals surface area (Å²) in [5.74, 6) is -1.05. The van der Waals surface area contributed by atoms with E-state index in [4.69, 9.17) is 10.7 Å². The molecule has 4 heterocycles. The summed E-state index contributed by atoms with van der Waals surface area (Å²) in [4.78, 5) is 28.4. The first-order valence-corrected chi connectivity index (χ1v) is 12.7. The fourth-order valence-electron chi connectivity index (χ4n) is 5.16. The molecule has 0 radical (unpaired) electrons. The number of carbonyl (C=O) groups excluding carboxylic acids is 1. The highest BCUT2D eigenvalue weighted by Gasteiger charge is 2.33. The molecule has 0 spiro atoms. The molecule has 2 aliphatic heterocycles. The van der Waals surface area contributed by atoms with E-state index in [-0.39, 0.29) is 36.7 Å². The molecule has 2 aliphatic rings. The number of carbonyl (C=O) groups is 1. The van der Waals surface area contributed by atoms with Gasteiger partial charge < -0.3 is 20.5 Å². The molecule has 40 heavy (non-hydrogen) atoms. The Morgan fingerprint density at radius 3 is 2.50 bits per heavy atom. The first kappa shape index (κ1) is 27.1. The van der Waals surface area contributed by atoms with Crippen LogP contribution in [-0.2, 0) is 13.6 Å². The van der Waals surface area contributed by atoms with Crippen molar-refractivity contribution >= 4 is 23.3 Å². The Bertz CT molecular complexity index is 1610. The Balaban J connectivity index is 0.00000323. The van der Waals surface area contributed by atoms with E-state index in [1.165, 1.54) is 18.2 Å². The lowest BCUT2D eigenvalue weighted by Gasteiger charge is -2.20. The van der Waals surface area contributed by atoms with Crippen LogP contribution >= 0.6 is 0 Å². The normalized spacial score (nSPS) is 17.8. The van der Waals surface area contributed by atoms with Gasteiger partial charge in [0.15, 0.2) is 0 Å². The van der Waals surface area contributed by atoms with Crippen molar-refractivity contribution in [3.63, 3.8) is 0 Å². The highest BCUT2D eigenvalue weighted by atomic mass is 19.1. The first-order chi connectivity index (χ1) is 18.7. The molecule has 0 aliphatic carbocycles. The molecule has 0 saturated carbocycles. The summed E-state index contributed by atoms with van der Waals surface area (Å²) >= 11 is 0. The molecule has 6 rings (SSSR count). The molecule has 3 N–H and O–H groups in total. The standard InChI is InChI=1S/C29H27F2N7O.CH4/c1-29(32)11-13-38(16-29)27(39)17-6-8-19(9-7-17)35-28-34-15-18-14-33-25(23-21(30)4-3-5-22(23)31)20-10-12-37(2)26(20)24(18)36-28;/h3-10,12,15H,11,13-14,16,32H2,1-2H3,(H,34,35,36);1H4. The lowest BCUT2D eigenvalue weighted by molar-refractivity contribution is 0.0785. The summed E-state index contributed by atoms with van der Waals surface area (Å²) in [7, 11) is 1.85. The maximum absolute atomic E-state index is 14.7. The second-order valence-electron chi connectivity index (χ2n) is 10.4. The van der Waals surface area contributed by atoms with E-state index in [2.05, 4.69) is 15.3 Å². The SMILES string of the molecule is C.Cn1ccc2c1-c1nc(Nc3ccc(C(=O)N4CCC(C)(N)C4)cc3)ncc1CN=C2c1c(F)cccc1F. The number of nitrogens with two attached hydrogens (primary N) is 1. The number of halogens is 2. The van der Waals surface area contributed by atoms with Crippen LogP contribution in [0.15, 0.2) is 65.9 Å². The molecule has 0 bridgehead atoms. The number of benzene rings is 2. The number of hydrogen-bond donors (Lipinski definition) is 2. The molecule has 4 aromatic rings. The largest absolute Gasteiger partial charge is 0.349 e. The van der Waals surface area contributed by atoms with Gasteiger partial charge in [0.25, 0.3) is 5.91 Å². The molecule has 206 valence electrons. The number of hydrogen-bond acceptors (Lipinski definition) is 6. The van der Waals surface area contributed by atoms with Crippen LogP contribution in [0.5, 0.6) is 0 Å². The number of amides is 1. The number of nitrogens with one attached hydrogen (secondary N) is 1. The highest BCUT2D eigenvalue weighted by Crippen LogP contribution is 2.33. The van der Waals surface area contributed by atoms with E-state index in [0.29, 0.717) is 47.2 Å². The number of rotatable bonds is 4. The Morgan fingerprint density at radius 2 is 1.82 bits per heavy atom. The zero-order chi connectivity index (χ0) is 27.3. The fraction of sp³-hybridized carbons (Fsp3) is 0.267. The van der Waals surface area contributed by atoms with Gasteiger partial charge in [-0.2, -0.15) is 0 Å². The summed E-state index contributed by atoms with van der Waals surface area (Å²) in [5.41, 5.74) is 9.82. The minimum atomic E-state index is -0.674. The van der Waals surface area contributed by atoms with Gasteiger partial charge in [-0.3, -0.25) is 9.79 Å². The zero-order valence-electron chi connectivity index (χ0n) is 21.6.